The normalized spacial score (nSPS) is 15.9. The molecular formula is C27H25NO3. The second kappa shape index (κ2) is 8.23. The Labute approximate surface area is 182 Å². The number of rotatable bonds is 4. The molecule has 1 aliphatic heterocycles. The Hall–Kier alpha value is -3.66. The van der Waals surface area contributed by atoms with E-state index in [0.717, 1.165) is 17.0 Å². The van der Waals surface area contributed by atoms with E-state index >= 15 is 0 Å². The molecule has 0 spiro atoms. The summed E-state index contributed by atoms with van der Waals surface area (Å²) in [6, 6.07) is 15.1. The van der Waals surface area contributed by atoms with Gasteiger partial charge in [-0.25, -0.2) is 0 Å². The summed E-state index contributed by atoms with van der Waals surface area (Å²) in [6.07, 6.45) is 7.42. The van der Waals surface area contributed by atoms with E-state index in [1.54, 1.807) is 30.3 Å². The first-order valence-corrected chi connectivity index (χ1v) is 10.3. The molecule has 0 saturated heterocycles. The summed E-state index contributed by atoms with van der Waals surface area (Å²) < 4.78 is 6.04. The van der Waals surface area contributed by atoms with Gasteiger partial charge in [0.05, 0.1) is 5.57 Å². The first-order valence-electron chi connectivity index (χ1n) is 10.3. The summed E-state index contributed by atoms with van der Waals surface area (Å²) in [5.41, 5.74) is 3.90. The zero-order chi connectivity index (χ0) is 22.1. The lowest BCUT2D eigenvalue weighted by molar-refractivity contribution is 0.0987. The fourth-order valence-corrected chi connectivity index (χ4v) is 3.63. The molecule has 1 aliphatic carbocycles. The molecule has 156 valence electrons. The molecule has 4 rings (SSSR count). The third-order valence-corrected chi connectivity index (χ3v) is 5.41. The van der Waals surface area contributed by atoms with Gasteiger partial charge in [0.25, 0.3) is 0 Å². The Morgan fingerprint density at radius 2 is 1.45 bits per heavy atom. The van der Waals surface area contributed by atoms with E-state index in [1.807, 2.05) is 63.2 Å². The molecule has 4 heteroatoms. The van der Waals surface area contributed by atoms with Crippen molar-refractivity contribution in [3.8, 4) is 0 Å². The third-order valence-electron chi connectivity index (χ3n) is 5.41. The van der Waals surface area contributed by atoms with Crippen molar-refractivity contribution in [3.05, 3.63) is 106 Å². The van der Waals surface area contributed by atoms with Crippen molar-refractivity contribution in [3.63, 3.8) is 0 Å². The van der Waals surface area contributed by atoms with Crippen LogP contribution in [0.25, 0.3) is 6.08 Å². The molecular weight excluding hydrogens is 386 g/mol. The largest absolute Gasteiger partial charge is 0.461 e. The van der Waals surface area contributed by atoms with Gasteiger partial charge in [-0.05, 0) is 41.5 Å². The van der Waals surface area contributed by atoms with Crippen molar-refractivity contribution in [2.75, 3.05) is 19.0 Å². The predicted octanol–water partition coefficient (Wildman–Crippen LogP) is 5.60. The maximum atomic E-state index is 13.0. The van der Waals surface area contributed by atoms with E-state index in [9.17, 15) is 9.59 Å². The number of nitrogens with zero attached hydrogens (tertiary/aromatic N) is 1. The summed E-state index contributed by atoms with van der Waals surface area (Å²) in [5.74, 6) is 0.985. The molecule has 2 aromatic rings. The third kappa shape index (κ3) is 4.02. The second-order valence-electron chi connectivity index (χ2n) is 8.20. The van der Waals surface area contributed by atoms with Crippen LogP contribution in [-0.2, 0) is 4.74 Å². The van der Waals surface area contributed by atoms with E-state index in [1.165, 1.54) is 0 Å². The monoisotopic (exact) mass is 411 g/mol. The number of hydrogen-bond acceptors (Lipinski definition) is 4. The molecule has 0 unspecified atom stereocenters. The molecule has 0 fully saturated rings. The molecule has 2 aromatic carbocycles. The maximum Gasteiger partial charge on any atom is 0.198 e. The van der Waals surface area contributed by atoms with Gasteiger partial charge in [-0.15, -0.1) is 0 Å². The molecule has 4 nitrogen and oxygen atoms in total. The summed E-state index contributed by atoms with van der Waals surface area (Å²) in [4.78, 5) is 28.0. The number of carbonyl (C=O) groups is 2. The highest BCUT2D eigenvalue weighted by molar-refractivity contribution is 6.40. The van der Waals surface area contributed by atoms with Crippen molar-refractivity contribution in [1.82, 2.24) is 0 Å². The van der Waals surface area contributed by atoms with Gasteiger partial charge >= 0.3 is 0 Å². The SMILES string of the molecule is CC(C)C1=CC(=C2C(=O)c3ccccc3C2=O)C=C(/C=C/c2ccc(N(C)C)cc2)O1. The van der Waals surface area contributed by atoms with Crippen LogP contribution in [0.4, 0.5) is 5.69 Å². The number of Topliss-reactive ketones (excluding diaryl/α,β-unsaturated/α-hetero) is 2. The number of ketones is 2. The number of benzene rings is 2. The smallest absolute Gasteiger partial charge is 0.198 e. The van der Waals surface area contributed by atoms with E-state index in [2.05, 4.69) is 12.1 Å². The highest BCUT2D eigenvalue weighted by Crippen LogP contribution is 2.33. The van der Waals surface area contributed by atoms with Crippen molar-refractivity contribution in [2.45, 2.75) is 13.8 Å². The molecule has 0 aromatic heterocycles. The van der Waals surface area contributed by atoms with Gasteiger partial charge in [0, 0.05) is 36.8 Å². The number of ether oxygens (including phenoxy) is 1. The summed E-state index contributed by atoms with van der Waals surface area (Å²) >= 11 is 0. The average molecular weight is 412 g/mol. The maximum absolute atomic E-state index is 13.0. The minimum atomic E-state index is -0.226. The van der Waals surface area contributed by atoms with Crippen LogP contribution in [-0.4, -0.2) is 25.7 Å². The molecule has 1 heterocycles. The van der Waals surface area contributed by atoms with Crippen LogP contribution in [0.1, 0.15) is 40.1 Å². The zero-order valence-electron chi connectivity index (χ0n) is 18.2. The van der Waals surface area contributed by atoms with Crippen LogP contribution >= 0.6 is 0 Å². The fourth-order valence-electron chi connectivity index (χ4n) is 3.63. The second-order valence-corrected chi connectivity index (χ2v) is 8.20. The molecule has 2 aliphatic rings. The van der Waals surface area contributed by atoms with Gasteiger partial charge < -0.3 is 9.64 Å². The molecule has 0 radical (unpaired) electrons. The molecule has 0 N–H and O–H groups in total. The van der Waals surface area contributed by atoms with Gasteiger partial charge in [-0.1, -0.05) is 56.3 Å². The fraction of sp³-hybridized carbons (Fsp3) is 0.185. The Kier molecular flexibility index (Phi) is 5.47. The zero-order valence-corrected chi connectivity index (χ0v) is 18.2. The molecule has 0 saturated carbocycles. The predicted molar refractivity (Wildman–Crippen MR) is 124 cm³/mol. The van der Waals surface area contributed by atoms with Crippen LogP contribution < -0.4 is 4.90 Å². The topological polar surface area (TPSA) is 46.6 Å². The molecule has 0 amide bonds. The number of carbonyl (C=O) groups excluding carboxylic acids is 2. The van der Waals surface area contributed by atoms with Crippen molar-refractivity contribution in [1.29, 1.82) is 0 Å². The van der Waals surface area contributed by atoms with Gasteiger partial charge in [-0.2, -0.15) is 0 Å². The van der Waals surface area contributed by atoms with Gasteiger partial charge in [0.15, 0.2) is 11.6 Å². The number of fused-ring (bicyclic) bond motifs is 1. The lowest BCUT2D eigenvalue weighted by atomic mass is 9.98. The summed E-state index contributed by atoms with van der Waals surface area (Å²) in [5, 5.41) is 0. The van der Waals surface area contributed by atoms with Gasteiger partial charge in [-0.3, -0.25) is 9.59 Å². The Morgan fingerprint density at radius 3 is 2.00 bits per heavy atom. The van der Waals surface area contributed by atoms with Crippen molar-refractivity contribution < 1.29 is 14.3 Å². The lowest BCUT2D eigenvalue weighted by Gasteiger charge is -2.19. The first-order chi connectivity index (χ1) is 14.8. The molecule has 0 atom stereocenters. The van der Waals surface area contributed by atoms with Gasteiger partial charge in [0.1, 0.15) is 11.5 Å². The highest BCUT2D eigenvalue weighted by atomic mass is 16.5. The molecule has 31 heavy (non-hydrogen) atoms. The van der Waals surface area contributed by atoms with E-state index in [0.29, 0.717) is 22.5 Å². The van der Waals surface area contributed by atoms with Crippen LogP contribution in [0.5, 0.6) is 0 Å². The number of allylic oxidation sites excluding steroid dienone is 6. The quantitative estimate of drug-likeness (QED) is 0.486. The van der Waals surface area contributed by atoms with Crippen LogP contribution in [0, 0.1) is 5.92 Å². The Balaban J connectivity index is 1.71. The minimum absolute atomic E-state index is 0.112. The Morgan fingerprint density at radius 1 is 0.839 bits per heavy atom. The van der Waals surface area contributed by atoms with Crippen LogP contribution in [0.15, 0.2) is 89.4 Å². The van der Waals surface area contributed by atoms with E-state index < -0.39 is 0 Å². The Bertz CT molecular complexity index is 1140. The summed E-state index contributed by atoms with van der Waals surface area (Å²) in [6.45, 7) is 4.04. The minimum Gasteiger partial charge on any atom is -0.461 e. The van der Waals surface area contributed by atoms with Crippen LogP contribution in [0.2, 0.25) is 0 Å². The highest BCUT2D eigenvalue weighted by Gasteiger charge is 2.35. The number of anilines is 1. The standard InChI is InChI=1S/C27H25NO3/c1-17(2)24-16-19(25-26(29)22-7-5-6-8-23(22)27(25)30)15-21(31-24)14-11-18-9-12-20(13-10-18)28(3)4/h5-17H,1-4H3/b14-11+. The van der Waals surface area contributed by atoms with Crippen molar-refractivity contribution >= 4 is 23.3 Å². The first kappa shape index (κ1) is 20.6. The lowest BCUT2D eigenvalue weighted by Crippen LogP contribution is -2.10. The van der Waals surface area contributed by atoms with Gasteiger partial charge in [0.2, 0.25) is 0 Å². The van der Waals surface area contributed by atoms with E-state index in [-0.39, 0.29) is 23.1 Å². The van der Waals surface area contributed by atoms with E-state index in [4.69, 9.17) is 4.74 Å². The summed E-state index contributed by atoms with van der Waals surface area (Å²) in [7, 11) is 4.01. The average Bonchev–Trinajstić information content (AvgIpc) is 3.02. The van der Waals surface area contributed by atoms with Crippen molar-refractivity contribution in [2.24, 2.45) is 5.92 Å². The van der Waals surface area contributed by atoms with Crippen LogP contribution in [0.3, 0.4) is 0 Å². The number of hydrogen-bond donors (Lipinski definition) is 0. The molecule has 0 bridgehead atoms.